The van der Waals surface area contributed by atoms with Gasteiger partial charge < -0.3 is 10.2 Å². The van der Waals surface area contributed by atoms with E-state index in [0.717, 1.165) is 0 Å². The Kier molecular flexibility index (Phi) is 5.40. The smallest absolute Gasteiger partial charge is 0.336 e. The standard InChI is InChI=1S/C8H6O4.C2N2/c9-7(10)5-3-1-2-4-6(5)8(11)12;3-1-2-4/h1-4H,(H,9,10)(H,11,12);. The lowest BCUT2D eigenvalue weighted by atomic mass is 10.1. The summed E-state index contributed by atoms with van der Waals surface area (Å²) >= 11 is 0. The normalized spacial score (nSPS) is 7.62. The molecule has 0 saturated heterocycles. The predicted octanol–water partition coefficient (Wildman–Crippen LogP) is 1.12. The number of benzene rings is 1. The zero-order chi connectivity index (χ0) is 12.6. The minimum Gasteiger partial charge on any atom is -0.478 e. The first-order chi connectivity index (χ1) is 7.54. The molecule has 1 aromatic carbocycles. The Morgan fingerprint density at radius 2 is 1.25 bits per heavy atom. The predicted molar refractivity (Wildman–Crippen MR) is 51.6 cm³/mol. The molecule has 80 valence electrons. The minimum atomic E-state index is -1.23. The highest BCUT2D eigenvalue weighted by atomic mass is 16.4. The van der Waals surface area contributed by atoms with Crippen LogP contribution in [0, 0.1) is 22.7 Å². The van der Waals surface area contributed by atoms with Gasteiger partial charge in [-0.2, -0.15) is 10.5 Å². The van der Waals surface area contributed by atoms with Crippen molar-refractivity contribution in [1.82, 2.24) is 0 Å². The molecular weight excluding hydrogens is 212 g/mol. The minimum absolute atomic E-state index is 0.190. The Morgan fingerprint density at radius 1 is 0.938 bits per heavy atom. The van der Waals surface area contributed by atoms with Crippen LogP contribution < -0.4 is 0 Å². The van der Waals surface area contributed by atoms with Gasteiger partial charge in [0, 0.05) is 0 Å². The highest BCUT2D eigenvalue weighted by molar-refractivity contribution is 6.01. The highest BCUT2D eigenvalue weighted by Crippen LogP contribution is 2.07. The Hall–Kier alpha value is -2.86. The summed E-state index contributed by atoms with van der Waals surface area (Å²) in [4.78, 5) is 20.9. The second-order valence-electron chi connectivity index (χ2n) is 2.38. The maximum atomic E-state index is 10.5. The van der Waals surface area contributed by atoms with E-state index in [2.05, 4.69) is 0 Å². The van der Waals surface area contributed by atoms with Crippen LogP contribution in [0.1, 0.15) is 20.7 Å². The van der Waals surface area contributed by atoms with E-state index in [0.29, 0.717) is 0 Å². The summed E-state index contributed by atoms with van der Waals surface area (Å²) in [6.07, 6.45) is 0. The van der Waals surface area contributed by atoms with Gasteiger partial charge in [0.1, 0.15) is 0 Å². The van der Waals surface area contributed by atoms with E-state index >= 15 is 0 Å². The monoisotopic (exact) mass is 218 g/mol. The quantitative estimate of drug-likeness (QED) is 0.766. The lowest BCUT2D eigenvalue weighted by Gasteiger charge is -1.98. The first kappa shape index (κ1) is 13.1. The molecule has 0 unspecified atom stereocenters. The Labute approximate surface area is 90.6 Å². The molecule has 0 aliphatic rings. The number of rotatable bonds is 2. The molecule has 0 spiro atoms. The fourth-order valence-electron chi connectivity index (χ4n) is 0.856. The lowest BCUT2D eigenvalue weighted by Crippen LogP contribution is -2.06. The maximum Gasteiger partial charge on any atom is 0.336 e. The van der Waals surface area contributed by atoms with E-state index in [4.69, 9.17) is 20.7 Å². The molecule has 1 aromatic rings. The van der Waals surface area contributed by atoms with Crippen molar-refractivity contribution in [3.05, 3.63) is 35.4 Å². The number of hydrogen-bond donors (Lipinski definition) is 2. The molecule has 6 heteroatoms. The Bertz CT molecular complexity index is 437. The van der Waals surface area contributed by atoms with Crippen LogP contribution in [-0.2, 0) is 0 Å². The molecule has 0 atom stereocenters. The van der Waals surface area contributed by atoms with Gasteiger partial charge in [0.2, 0.25) is 0 Å². The number of carbonyl (C=O) groups is 2. The van der Waals surface area contributed by atoms with Crippen molar-refractivity contribution in [2.24, 2.45) is 0 Å². The van der Waals surface area contributed by atoms with Crippen LogP contribution in [-0.4, -0.2) is 22.2 Å². The van der Waals surface area contributed by atoms with E-state index in [1.165, 1.54) is 36.4 Å². The summed E-state index contributed by atoms with van der Waals surface area (Å²) in [6, 6.07) is 7.95. The molecule has 16 heavy (non-hydrogen) atoms. The second kappa shape index (κ2) is 6.57. The van der Waals surface area contributed by atoms with Gasteiger partial charge in [-0.05, 0) is 12.1 Å². The van der Waals surface area contributed by atoms with Gasteiger partial charge in [-0.3, -0.25) is 0 Å². The van der Waals surface area contributed by atoms with Crippen LogP contribution in [0.2, 0.25) is 0 Å². The Morgan fingerprint density at radius 3 is 1.44 bits per heavy atom. The van der Waals surface area contributed by atoms with Crippen molar-refractivity contribution in [2.75, 3.05) is 0 Å². The van der Waals surface area contributed by atoms with Crippen molar-refractivity contribution in [1.29, 1.82) is 10.5 Å². The van der Waals surface area contributed by atoms with Crippen LogP contribution in [0.4, 0.5) is 0 Å². The van der Waals surface area contributed by atoms with Crippen molar-refractivity contribution in [2.45, 2.75) is 0 Å². The van der Waals surface area contributed by atoms with Crippen LogP contribution in [0.25, 0.3) is 0 Å². The third kappa shape index (κ3) is 3.90. The molecule has 1 rings (SSSR count). The molecule has 0 saturated carbocycles. The zero-order valence-electron chi connectivity index (χ0n) is 7.91. The molecule has 0 radical (unpaired) electrons. The summed E-state index contributed by atoms with van der Waals surface area (Å²) < 4.78 is 0. The first-order valence-electron chi connectivity index (χ1n) is 3.88. The fourth-order valence-corrected chi connectivity index (χ4v) is 0.856. The number of hydrogen-bond acceptors (Lipinski definition) is 4. The summed E-state index contributed by atoms with van der Waals surface area (Å²) in [5.41, 5.74) is -0.380. The number of carboxylic acids is 2. The zero-order valence-corrected chi connectivity index (χ0v) is 7.91. The summed E-state index contributed by atoms with van der Waals surface area (Å²) in [7, 11) is 0. The molecule has 6 nitrogen and oxygen atoms in total. The third-order valence-electron chi connectivity index (χ3n) is 1.44. The van der Waals surface area contributed by atoms with E-state index in [-0.39, 0.29) is 11.1 Å². The largest absolute Gasteiger partial charge is 0.478 e. The first-order valence-corrected chi connectivity index (χ1v) is 3.88. The Balaban J connectivity index is 0.000000487. The topological polar surface area (TPSA) is 122 Å². The van der Waals surface area contributed by atoms with E-state index in [1.807, 2.05) is 0 Å². The highest BCUT2D eigenvalue weighted by Gasteiger charge is 2.13. The third-order valence-corrected chi connectivity index (χ3v) is 1.44. The lowest BCUT2D eigenvalue weighted by molar-refractivity contribution is 0.0651. The summed E-state index contributed by atoms with van der Waals surface area (Å²) in [6.45, 7) is 0. The molecule has 0 bridgehead atoms. The van der Waals surface area contributed by atoms with Gasteiger partial charge >= 0.3 is 11.9 Å². The summed E-state index contributed by atoms with van der Waals surface area (Å²) in [5, 5.41) is 31.6. The van der Waals surface area contributed by atoms with Gasteiger partial charge in [-0.1, -0.05) is 12.1 Å². The van der Waals surface area contributed by atoms with Gasteiger partial charge in [-0.25, -0.2) is 9.59 Å². The van der Waals surface area contributed by atoms with E-state index in [9.17, 15) is 9.59 Å². The van der Waals surface area contributed by atoms with Crippen LogP contribution in [0.15, 0.2) is 24.3 Å². The number of nitrogens with zero attached hydrogens (tertiary/aromatic N) is 2. The van der Waals surface area contributed by atoms with Crippen LogP contribution in [0.5, 0.6) is 0 Å². The number of carboxylic acid groups (broad SMARTS) is 2. The molecule has 0 aliphatic heterocycles. The maximum absolute atomic E-state index is 10.5. The average molecular weight is 218 g/mol. The molecule has 0 amide bonds. The van der Waals surface area contributed by atoms with E-state index in [1.54, 1.807) is 0 Å². The molecular formula is C10H6N2O4. The fraction of sp³-hybridized carbons (Fsp3) is 0. The van der Waals surface area contributed by atoms with Gasteiger partial charge in [-0.15, -0.1) is 0 Å². The number of nitriles is 2. The average Bonchev–Trinajstić information content (AvgIpc) is 2.29. The molecule has 0 aliphatic carbocycles. The van der Waals surface area contributed by atoms with Gasteiger partial charge in [0.15, 0.2) is 12.1 Å². The van der Waals surface area contributed by atoms with Gasteiger partial charge in [0.05, 0.1) is 11.1 Å². The van der Waals surface area contributed by atoms with Crippen molar-refractivity contribution >= 4 is 11.9 Å². The van der Waals surface area contributed by atoms with Crippen molar-refractivity contribution < 1.29 is 19.8 Å². The molecule has 0 heterocycles. The van der Waals surface area contributed by atoms with Crippen molar-refractivity contribution in [3.63, 3.8) is 0 Å². The van der Waals surface area contributed by atoms with Crippen LogP contribution in [0.3, 0.4) is 0 Å². The molecule has 0 aromatic heterocycles. The SMILES string of the molecule is N#CC#N.O=C(O)c1ccccc1C(=O)O. The summed E-state index contributed by atoms with van der Waals surface area (Å²) in [5.74, 6) is -2.46. The van der Waals surface area contributed by atoms with Crippen molar-refractivity contribution in [3.8, 4) is 12.1 Å². The van der Waals surface area contributed by atoms with E-state index < -0.39 is 11.9 Å². The molecule has 0 fully saturated rings. The van der Waals surface area contributed by atoms with Gasteiger partial charge in [0.25, 0.3) is 0 Å². The number of aromatic carboxylic acids is 2. The second-order valence-corrected chi connectivity index (χ2v) is 2.38. The molecule has 2 N–H and O–H groups in total. The van der Waals surface area contributed by atoms with Crippen LogP contribution >= 0.6 is 0 Å².